The van der Waals surface area contributed by atoms with Crippen molar-refractivity contribution < 1.29 is 94.2 Å². The standard InChI is InChI=1S/C57H68N10O21S6/c1-35-25-47(51(83-5)31-43(35)64-66-49-27-37(3)45(33-53(49)87-17-7-9-21-89-69)62-61-42-16-14-40(30-56(42)94(80,81)82)86-20-12-24-92(74,75)76)58-57(68)59-48-26-36(2)44(32-52(48)84-6)65-67-50-28-38(4)46(34-54(50)88-18-8-10-23-91(71,72)73)63-60-41-15-13-39(85-19-11-22-90-70)29-55(41)93(77,78)79/h13-16,25-34,69-70H,7-12,17-24H2,1-6H3,(H2,58,59,68)(H,71,72,73)(H,74,75,76)(H,77,78,79)(H,80,81,82)/b62-61?,63-60?,66-64?,67-65+. The topological polar surface area (TPSA) is 453 Å². The molecule has 0 aliphatic heterocycles. The van der Waals surface area contributed by atoms with E-state index in [0.717, 1.165) is 12.1 Å². The van der Waals surface area contributed by atoms with Crippen molar-refractivity contribution in [1.29, 1.82) is 0 Å². The van der Waals surface area contributed by atoms with Gasteiger partial charge in [-0.2, -0.15) is 54.1 Å². The summed E-state index contributed by atoms with van der Waals surface area (Å²) in [5, 5.41) is 40.1. The van der Waals surface area contributed by atoms with Gasteiger partial charge in [-0.15, -0.1) is 20.5 Å². The smallest absolute Gasteiger partial charge is 0.323 e. The molecule has 0 spiro atoms. The monoisotopic (exact) mass is 1420 g/mol. The van der Waals surface area contributed by atoms with Crippen molar-refractivity contribution in [1.82, 2.24) is 0 Å². The zero-order chi connectivity index (χ0) is 68.8. The van der Waals surface area contributed by atoms with Crippen LogP contribution < -0.4 is 39.1 Å². The summed E-state index contributed by atoms with van der Waals surface area (Å²) in [6.07, 6.45) is 1.76. The Morgan fingerprint density at radius 3 is 1.14 bits per heavy atom. The van der Waals surface area contributed by atoms with Gasteiger partial charge >= 0.3 is 6.03 Å². The number of hydrogen-bond donors (Lipinski definition) is 8. The number of urea groups is 1. The van der Waals surface area contributed by atoms with E-state index in [0.29, 0.717) is 88.5 Å². The molecule has 37 heteroatoms. The highest BCUT2D eigenvalue weighted by atomic mass is 32.2. The molecular weight excluding hydrogens is 1350 g/mol. The molecule has 0 atom stereocenters. The molecule has 94 heavy (non-hydrogen) atoms. The number of anilines is 2. The van der Waals surface area contributed by atoms with Crippen LogP contribution in [0.2, 0.25) is 0 Å². The number of carbonyl (C=O) groups excluding carboxylic acids is 1. The highest BCUT2D eigenvalue weighted by Crippen LogP contribution is 2.42. The van der Waals surface area contributed by atoms with Crippen LogP contribution in [0.4, 0.5) is 61.7 Å². The van der Waals surface area contributed by atoms with Gasteiger partial charge in [-0.3, -0.25) is 18.2 Å². The van der Waals surface area contributed by atoms with E-state index in [-0.39, 0.29) is 126 Å². The number of nitrogens with zero attached hydrogens (tertiary/aromatic N) is 8. The number of nitrogens with one attached hydrogen (secondary N) is 2. The molecule has 0 saturated heterocycles. The zero-order valence-electron chi connectivity index (χ0n) is 51.3. The molecule has 0 heterocycles. The molecule has 0 bridgehead atoms. The fourth-order valence-electron chi connectivity index (χ4n) is 8.25. The van der Waals surface area contributed by atoms with Crippen LogP contribution >= 0.6 is 24.1 Å². The van der Waals surface area contributed by atoms with E-state index in [1.54, 1.807) is 58.0 Å². The number of methoxy groups -OCH3 is 2. The first-order valence-electron chi connectivity index (χ1n) is 28.1. The number of amides is 2. The van der Waals surface area contributed by atoms with Crippen LogP contribution in [0, 0.1) is 27.7 Å². The van der Waals surface area contributed by atoms with E-state index >= 15 is 0 Å². The molecule has 0 fully saturated rings. The minimum atomic E-state index is -4.88. The molecule has 0 radical (unpaired) electrons. The molecule has 6 aromatic carbocycles. The van der Waals surface area contributed by atoms with Gasteiger partial charge in [-0.25, -0.2) is 4.79 Å². The fourth-order valence-corrected chi connectivity index (χ4v) is 11.2. The molecule has 2 amide bonds. The third kappa shape index (κ3) is 23.8. The molecule has 0 aliphatic rings. The summed E-state index contributed by atoms with van der Waals surface area (Å²) in [5.74, 6) is 0.536. The normalized spacial score (nSPS) is 12.3. The van der Waals surface area contributed by atoms with Gasteiger partial charge in [0, 0.05) is 47.9 Å². The minimum absolute atomic E-state index is 0.0321. The van der Waals surface area contributed by atoms with E-state index in [4.69, 9.17) is 37.5 Å². The van der Waals surface area contributed by atoms with Crippen LogP contribution in [0.1, 0.15) is 60.8 Å². The number of hydrogen-bond acceptors (Lipinski definition) is 27. The van der Waals surface area contributed by atoms with Gasteiger partial charge in [-0.05, 0) is 161 Å². The summed E-state index contributed by atoms with van der Waals surface area (Å²) >= 11 is 1.32. The molecular formula is C57H68N10O21S6. The van der Waals surface area contributed by atoms with Crippen LogP contribution in [-0.2, 0) is 40.5 Å². The zero-order valence-corrected chi connectivity index (χ0v) is 56.2. The van der Waals surface area contributed by atoms with E-state index in [2.05, 4.69) is 51.5 Å². The summed E-state index contributed by atoms with van der Waals surface area (Å²) in [6.45, 7) is 6.88. The number of carbonyl (C=O) groups is 1. The van der Waals surface area contributed by atoms with Crippen molar-refractivity contribution >= 4 is 127 Å². The average molecular weight is 1420 g/mol. The molecule has 0 aliphatic carbocycles. The quantitative estimate of drug-likeness (QED) is 0.00784. The van der Waals surface area contributed by atoms with Gasteiger partial charge in [0.2, 0.25) is 0 Å². The number of benzene rings is 6. The molecule has 8 N–H and O–H groups in total. The van der Waals surface area contributed by atoms with Crippen LogP contribution in [0.15, 0.2) is 136 Å². The Balaban J connectivity index is 1.21. The predicted octanol–water partition coefficient (Wildman–Crippen LogP) is 14.8. The minimum Gasteiger partial charge on any atom is -0.494 e. The average Bonchev–Trinajstić information content (AvgIpc) is 0.859. The molecule has 0 aromatic heterocycles. The molecule has 508 valence electrons. The second-order valence-electron chi connectivity index (χ2n) is 20.2. The second-order valence-corrected chi connectivity index (χ2v) is 27.5. The lowest BCUT2D eigenvalue weighted by Crippen LogP contribution is -2.20. The Morgan fingerprint density at radius 2 is 0.745 bits per heavy atom. The van der Waals surface area contributed by atoms with Gasteiger partial charge in [0.25, 0.3) is 40.5 Å². The SMILES string of the molecule is COc1cc(N=Nc2cc(C)c(N=Nc3ccc(OCCCS(=O)(=O)O)cc3S(=O)(=O)O)cc2OCCCCSO)c(C)cc1NC(=O)Nc1cc(C)c(/N=N/c2cc(C)c(N=Nc3ccc(OCCCSO)cc3S(=O)(=O)O)cc2OCCCCS(=O)(=O)O)cc1OC. The van der Waals surface area contributed by atoms with Gasteiger partial charge in [0.05, 0.1) is 86.3 Å². The van der Waals surface area contributed by atoms with Crippen molar-refractivity contribution in [3.8, 4) is 34.5 Å². The highest BCUT2D eigenvalue weighted by Gasteiger charge is 2.22. The van der Waals surface area contributed by atoms with Crippen LogP contribution in [-0.4, -0.2) is 131 Å². The van der Waals surface area contributed by atoms with Crippen molar-refractivity contribution in [3.05, 3.63) is 107 Å². The Bertz CT molecular complexity index is 4280. The van der Waals surface area contributed by atoms with Crippen LogP contribution in [0.5, 0.6) is 34.5 Å². The first-order valence-corrected chi connectivity index (χ1v) is 36.1. The number of aryl methyl sites for hydroxylation is 4. The Labute approximate surface area is 551 Å². The lowest BCUT2D eigenvalue weighted by Gasteiger charge is -2.16. The van der Waals surface area contributed by atoms with Gasteiger partial charge in [-0.1, -0.05) is 0 Å². The van der Waals surface area contributed by atoms with E-state index in [1.807, 2.05) is 0 Å². The predicted molar refractivity (Wildman–Crippen MR) is 352 cm³/mol. The molecule has 6 aromatic rings. The highest BCUT2D eigenvalue weighted by molar-refractivity contribution is 7.93. The Hall–Kier alpha value is -7.95. The van der Waals surface area contributed by atoms with Gasteiger partial charge in [0.1, 0.15) is 67.0 Å². The van der Waals surface area contributed by atoms with Crippen molar-refractivity contribution in [2.45, 2.75) is 76.0 Å². The van der Waals surface area contributed by atoms with E-state index in [9.17, 15) is 56.7 Å². The summed E-state index contributed by atoms with van der Waals surface area (Å²) < 4.78 is 185. The first kappa shape index (κ1) is 75.1. The Morgan fingerprint density at radius 1 is 0.404 bits per heavy atom. The van der Waals surface area contributed by atoms with Crippen molar-refractivity contribution in [2.24, 2.45) is 40.9 Å². The lowest BCUT2D eigenvalue weighted by atomic mass is 10.1. The first-order chi connectivity index (χ1) is 44.5. The van der Waals surface area contributed by atoms with Crippen LogP contribution in [0.3, 0.4) is 0 Å². The fraction of sp³-hybridized carbons (Fsp3) is 0.351. The summed E-state index contributed by atoms with van der Waals surface area (Å²) in [6, 6.07) is 19.1. The van der Waals surface area contributed by atoms with Gasteiger partial charge < -0.3 is 48.2 Å². The maximum absolute atomic E-state index is 13.7. The molecule has 0 unspecified atom stereocenters. The Kier molecular flexibility index (Phi) is 27.9. The van der Waals surface area contributed by atoms with E-state index < -0.39 is 67.8 Å². The molecule has 31 nitrogen and oxygen atoms in total. The van der Waals surface area contributed by atoms with Crippen molar-refractivity contribution in [2.75, 3.05) is 74.3 Å². The largest absolute Gasteiger partial charge is 0.494 e. The number of rotatable bonds is 36. The third-order valence-corrected chi connectivity index (χ3v) is 17.3. The van der Waals surface area contributed by atoms with E-state index in [1.165, 1.54) is 56.7 Å². The summed E-state index contributed by atoms with van der Waals surface area (Å²) in [5.41, 5.74) is 3.51. The molecule has 0 saturated carbocycles. The molecule has 6 rings (SSSR count). The number of unbranched alkanes of at least 4 members (excludes halogenated alkanes) is 2. The lowest BCUT2D eigenvalue weighted by molar-refractivity contribution is 0.262. The van der Waals surface area contributed by atoms with Crippen LogP contribution in [0.25, 0.3) is 0 Å². The van der Waals surface area contributed by atoms with Gasteiger partial charge in [0.15, 0.2) is 0 Å². The maximum Gasteiger partial charge on any atom is 0.323 e. The third-order valence-electron chi connectivity index (χ3n) is 13.0. The maximum atomic E-state index is 13.7. The summed E-state index contributed by atoms with van der Waals surface area (Å²) in [7, 11) is -15.4. The number of azo groups is 4. The summed E-state index contributed by atoms with van der Waals surface area (Å²) in [4.78, 5) is 12.5. The second kappa shape index (κ2) is 35.0. The number of ether oxygens (including phenoxy) is 6. The van der Waals surface area contributed by atoms with Crippen molar-refractivity contribution in [3.63, 3.8) is 0 Å².